The maximum Gasteiger partial charge on any atom is 0.309 e. The summed E-state index contributed by atoms with van der Waals surface area (Å²) in [5, 5.41) is 15.7. The number of amides is 2. The normalized spacial score (nSPS) is 20.0. The molecule has 3 N–H and O–H groups in total. The lowest BCUT2D eigenvalue weighted by Gasteiger charge is -2.21. The second kappa shape index (κ2) is 17.8. The van der Waals surface area contributed by atoms with Gasteiger partial charge < -0.3 is 25.2 Å². The Balaban J connectivity index is 1.29. The molecule has 0 aliphatic carbocycles. The maximum absolute atomic E-state index is 13.1. The number of cyclic esters (lactones) is 1. The largest absolute Gasteiger partial charge is 0.489 e. The second-order valence-corrected chi connectivity index (χ2v) is 11.6. The molecule has 0 bridgehead atoms. The predicted molar refractivity (Wildman–Crippen MR) is 173 cm³/mol. The number of carbonyl (C=O) groups excluding carboxylic acids is 3. The number of nitrogens with one attached hydrogen (secondary N) is 2. The molecule has 0 radical (unpaired) electrons. The highest BCUT2D eigenvalue weighted by Crippen LogP contribution is 2.20. The van der Waals surface area contributed by atoms with E-state index in [2.05, 4.69) is 10.6 Å². The minimum atomic E-state index is -0.592. The highest BCUT2D eigenvalue weighted by molar-refractivity contribution is 5.86. The van der Waals surface area contributed by atoms with Crippen LogP contribution in [-0.4, -0.2) is 48.2 Å². The van der Waals surface area contributed by atoms with Crippen LogP contribution in [0.25, 0.3) is 0 Å². The first-order chi connectivity index (χ1) is 21.9. The van der Waals surface area contributed by atoms with Crippen LogP contribution >= 0.6 is 0 Å². The molecule has 0 spiro atoms. The number of benzene rings is 3. The Labute approximate surface area is 265 Å². The van der Waals surface area contributed by atoms with Gasteiger partial charge >= 0.3 is 5.97 Å². The van der Waals surface area contributed by atoms with Crippen LogP contribution in [0.1, 0.15) is 49.3 Å². The Kier molecular flexibility index (Phi) is 13.2. The zero-order chi connectivity index (χ0) is 31.9. The standard InChI is InChI=1S/C37H44N2O6/c1-27-24-38-36(42)31(15-9-4-10-16-32(37(43)45-27)21-28-11-5-2-6-12-28)23-35(41)39-33(25-40)22-29-17-19-34(20-18-29)44-26-30-13-7-3-8-14-30/h2-9,11-14,17-20,27,31-33,40H,10,15-16,21-26H2,1H3,(H,38,42)(H,39,41). The lowest BCUT2D eigenvalue weighted by Crippen LogP contribution is -2.42. The van der Waals surface area contributed by atoms with Gasteiger partial charge in [0.15, 0.2) is 0 Å². The summed E-state index contributed by atoms with van der Waals surface area (Å²) in [7, 11) is 0. The van der Waals surface area contributed by atoms with E-state index in [-0.39, 0.29) is 43.3 Å². The van der Waals surface area contributed by atoms with Crippen LogP contribution in [0.4, 0.5) is 0 Å². The van der Waals surface area contributed by atoms with Crippen molar-refractivity contribution in [3.63, 3.8) is 0 Å². The molecule has 2 amide bonds. The fraction of sp³-hybridized carbons (Fsp3) is 0.378. The van der Waals surface area contributed by atoms with Gasteiger partial charge in [0.2, 0.25) is 11.8 Å². The van der Waals surface area contributed by atoms with Crippen molar-refractivity contribution >= 4 is 17.8 Å². The molecule has 0 saturated heterocycles. The van der Waals surface area contributed by atoms with Gasteiger partial charge in [-0.2, -0.15) is 0 Å². The van der Waals surface area contributed by atoms with Crippen LogP contribution in [0.15, 0.2) is 97.1 Å². The first-order valence-corrected chi connectivity index (χ1v) is 15.7. The SMILES string of the molecule is CC1CNC(=O)C(CC(=O)NC(CO)Cc2ccc(OCc3ccccc3)cc2)CC=CCCC(Cc2ccccc2)C(=O)O1. The minimum Gasteiger partial charge on any atom is -0.489 e. The summed E-state index contributed by atoms with van der Waals surface area (Å²) in [5.41, 5.74) is 3.10. The molecule has 0 saturated carbocycles. The Hall–Kier alpha value is -4.43. The van der Waals surface area contributed by atoms with E-state index >= 15 is 0 Å². The lowest BCUT2D eigenvalue weighted by atomic mass is 9.94. The molecule has 8 heteroatoms. The molecule has 238 valence electrons. The molecule has 3 aromatic rings. The fourth-order valence-corrected chi connectivity index (χ4v) is 5.30. The average Bonchev–Trinajstić information content (AvgIpc) is 3.06. The number of hydrogen-bond acceptors (Lipinski definition) is 6. The first-order valence-electron chi connectivity index (χ1n) is 15.7. The van der Waals surface area contributed by atoms with Gasteiger partial charge in [0.05, 0.1) is 31.0 Å². The van der Waals surface area contributed by atoms with Crippen LogP contribution in [0.5, 0.6) is 5.75 Å². The first kappa shape index (κ1) is 33.5. The average molecular weight is 613 g/mol. The minimum absolute atomic E-state index is 0.0241. The quantitative estimate of drug-likeness (QED) is 0.209. The van der Waals surface area contributed by atoms with E-state index in [9.17, 15) is 19.5 Å². The molecular weight excluding hydrogens is 568 g/mol. The van der Waals surface area contributed by atoms with E-state index in [1.807, 2.05) is 97.1 Å². The summed E-state index contributed by atoms with van der Waals surface area (Å²) in [4.78, 5) is 39.1. The zero-order valence-corrected chi connectivity index (χ0v) is 25.9. The van der Waals surface area contributed by atoms with Crippen LogP contribution in [0, 0.1) is 11.8 Å². The number of esters is 1. The number of carbonyl (C=O) groups is 3. The van der Waals surface area contributed by atoms with Crippen LogP contribution in [0.2, 0.25) is 0 Å². The van der Waals surface area contributed by atoms with Crippen molar-refractivity contribution in [3.05, 3.63) is 114 Å². The molecule has 0 aromatic heterocycles. The van der Waals surface area contributed by atoms with Gasteiger partial charge in [-0.15, -0.1) is 0 Å². The summed E-state index contributed by atoms with van der Waals surface area (Å²) < 4.78 is 11.5. The Morgan fingerprint density at radius 3 is 2.31 bits per heavy atom. The van der Waals surface area contributed by atoms with Gasteiger partial charge in [-0.05, 0) is 67.9 Å². The van der Waals surface area contributed by atoms with E-state index in [0.29, 0.717) is 38.7 Å². The van der Waals surface area contributed by atoms with E-state index in [1.54, 1.807) is 6.92 Å². The van der Waals surface area contributed by atoms with Crippen molar-refractivity contribution in [3.8, 4) is 5.75 Å². The van der Waals surface area contributed by atoms with Crippen LogP contribution in [-0.2, 0) is 38.6 Å². The van der Waals surface area contributed by atoms with Crippen molar-refractivity contribution in [2.24, 2.45) is 11.8 Å². The Morgan fingerprint density at radius 1 is 0.933 bits per heavy atom. The molecule has 1 heterocycles. The van der Waals surface area contributed by atoms with Crippen molar-refractivity contribution in [1.29, 1.82) is 0 Å². The van der Waals surface area contributed by atoms with Crippen molar-refractivity contribution in [2.75, 3.05) is 13.2 Å². The van der Waals surface area contributed by atoms with Crippen molar-refractivity contribution < 1.29 is 29.0 Å². The van der Waals surface area contributed by atoms with E-state index in [0.717, 1.165) is 22.4 Å². The lowest BCUT2D eigenvalue weighted by molar-refractivity contribution is -0.153. The van der Waals surface area contributed by atoms with E-state index in [4.69, 9.17) is 9.47 Å². The van der Waals surface area contributed by atoms with Gasteiger partial charge in [-0.25, -0.2) is 0 Å². The van der Waals surface area contributed by atoms with E-state index < -0.39 is 18.1 Å². The second-order valence-electron chi connectivity index (χ2n) is 11.6. The third-order valence-electron chi connectivity index (χ3n) is 7.85. The fourth-order valence-electron chi connectivity index (χ4n) is 5.30. The summed E-state index contributed by atoms with van der Waals surface area (Å²) in [5.74, 6) is -0.994. The number of hydrogen-bond donors (Lipinski definition) is 3. The number of allylic oxidation sites excluding steroid dienone is 2. The molecule has 4 rings (SSSR count). The molecule has 3 aromatic carbocycles. The molecule has 4 unspecified atom stereocenters. The van der Waals surface area contributed by atoms with Gasteiger partial charge in [-0.1, -0.05) is 84.9 Å². The molecular formula is C37H44N2O6. The highest BCUT2D eigenvalue weighted by Gasteiger charge is 2.26. The number of ether oxygens (including phenoxy) is 2. The summed E-state index contributed by atoms with van der Waals surface area (Å²) in [6.45, 7) is 2.15. The number of rotatable bonds is 11. The maximum atomic E-state index is 13.1. The third-order valence-corrected chi connectivity index (χ3v) is 7.85. The van der Waals surface area contributed by atoms with Crippen molar-refractivity contribution in [1.82, 2.24) is 10.6 Å². The summed E-state index contributed by atoms with van der Waals surface area (Å²) in [6, 6.07) is 26.9. The monoisotopic (exact) mass is 612 g/mol. The van der Waals surface area contributed by atoms with Gasteiger partial charge in [0.1, 0.15) is 18.5 Å². The van der Waals surface area contributed by atoms with Crippen LogP contribution < -0.4 is 15.4 Å². The number of aliphatic hydroxyl groups excluding tert-OH is 1. The molecule has 4 atom stereocenters. The van der Waals surface area contributed by atoms with Gasteiger partial charge in [-0.3, -0.25) is 14.4 Å². The molecule has 45 heavy (non-hydrogen) atoms. The summed E-state index contributed by atoms with van der Waals surface area (Å²) in [6.07, 6.45) is 6.05. The molecule has 0 fully saturated rings. The molecule has 1 aliphatic rings. The molecule has 8 nitrogen and oxygen atoms in total. The number of aliphatic hydroxyl groups is 1. The highest BCUT2D eigenvalue weighted by atomic mass is 16.5. The predicted octanol–water partition coefficient (Wildman–Crippen LogP) is 4.94. The molecule has 1 aliphatic heterocycles. The summed E-state index contributed by atoms with van der Waals surface area (Å²) >= 11 is 0. The topological polar surface area (TPSA) is 114 Å². The Morgan fingerprint density at radius 2 is 1.62 bits per heavy atom. The third kappa shape index (κ3) is 11.5. The smallest absolute Gasteiger partial charge is 0.309 e. The van der Waals surface area contributed by atoms with Gasteiger partial charge in [0.25, 0.3) is 0 Å². The van der Waals surface area contributed by atoms with Crippen molar-refractivity contribution in [2.45, 2.75) is 64.2 Å². The van der Waals surface area contributed by atoms with Crippen LogP contribution in [0.3, 0.4) is 0 Å². The van der Waals surface area contributed by atoms with Gasteiger partial charge in [0, 0.05) is 6.42 Å². The zero-order valence-electron chi connectivity index (χ0n) is 25.9. The van der Waals surface area contributed by atoms with E-state index in [1.165, 1.54) is 0 Å². The Bertz CT molecular complexity index is 1380.